The predicted molar refractivity (Wildman–Crippen MR) is 215 cm³/mol. The van der Waals surface area contributed by atoms with E-state index in [-0.39, 0.29) is 52.4 Å². The zero-order chi connectivity index (χ0) is 38.8. The van der Waals surface area contributed by atoms with Crippen molar-refractivity contribution < 1.29 is 29.2 Å². The van der Waals surface area contributed by atoms with Gasteiger partial charge in [-0.3, -0.25) is 9.98 Å². The fraction of sp³-hybridized carbons (Fsp3) is 0.682. The molecule has 0 aromatic heterocycles. The summed E-state index contributed by atoms with van der Waals surface area (Å²) in [4.78, 5) is 15.2. The summed E-state index contributed by atoms with van der Waals surface area (Å²) < 4.78 is 25.6. The van der Waals surface area contributed by atoms with E-state index in [0.717, 1.165) is 63.0 Å². The highest BCUT2D eigenvalue weighted by Gasteiger charge is 2.58. The number of hydrogen-bond acceptors (Lipinski definition) is 10. The molecule has 6 aliphatic rings. The van der Waals surface area contributed by atoms with Crippen LogP contribution in [0.25, 0.3) is 0 Å². The molecule has 6 heterocycles. The van der Waals surface area contributed by atoms with Crippen LogP contribution in [-0.2, 0) is 40.6 Å². The lowest BCUT2D eigenvalue weighted by atomic mass is 9.69. The number of aromatic hydroxyl groups is 2. The summed E-state index contributed by atoms with van der Waals surface area (Å²) in [5.41, 5.74) is 6.42. The van der Waals surface area contributed by atoms with E-state index in [1.807, 2.05) is 13.8 Å². The summed E-state index contributed by atoms with van der Waals surface area (Å²) in [7, 11) is 1.65. The van der Waals surface area contributed by atoms with Gasteiger partial charge < -0.3 is 39.0 Å². The van der Waals surface area contributed by atoms with Crippen LogP contribution in [0.15, 0.2) is 22.1 Å². The molecule has 0 radical (unpaired) electrons. The van der Waals surface area contributed by atoms with E-state index < -0.39 is 23.7 Å². The van der Waals surface area contributed by atoms with Crippen molar-refractivity contribution in [2.24, 2.45) is 9.98 Å². The van der Waals surface area contributed by atoms with Crippen molar-refractivity contribution in [3.63, 3.8) is 0 Å². The maximum absolute atomic E-state index is 12.1. The minimum Gasteiger partial charge on any atom is -0.507 e. The van der Waals surface area contributed by atoms with Crippen molar-refractivity contribution in [1.29, 1.82) is 0 Å². The molecule has 0 aliphatic carbocycles. The standard InChI is InChI=1S/C44H62N4O6/c1-39(2)12-16-47-18-14-41(5,6)31-33(47)28(39)20-26(35(31)49)22-45-25-44(38(51-11)37-30(24-52-44)53-43(9,10)54-37)46-23-27-21-29-34-32(36(27)50)42(7,8)15-19-48(34)17-13-40(29,3)4/h20-23,30,37-38,49-50H,12-19,24-25H2,1-11H3/b45-22?,46-23+/t30-,37?,38?,44?/m0/s1. The summed E-state index contributed by atoms with van der Waals surface area (Å²) in [6, 6.07) is 4.25. The molecule has 2 aromatic carbocycles. The average Bonchev–Trinajstić information content (AvgIpc) is 3.40. The maximum Gasteiger partial charge on any atom is 0.207 e. The summed E-state index contributed by atoms with van der Waals surface area (Å²) in [6.07, 6.45) is 6.10. The zero-order valence-corrected chi connectivity index (χ0v) is 34.4. The third-order valence-electron chi connectivity index (χ3n) is 13.8. The van der Waals surface area contributed by atoms with Crippen molar-refractivity contribution in [3.8, 4) is 11.5 Å². The molecule has 54 heavy (non-hydrogen) atoms. The topological polar surface area (TPSA) is 109 Å². The van der Waals surface area contributed by atoms with E-state index in [4.69, 9.17) is 28.9 Å². The highest BCUT2D eigenvalue weighted by atomic mass is 16.8. The third-order valence-corrected chi connectivity index (χ3v) is 13.8. The molecular formula is C44H62N4O6. The van der Waals surface area contributed by atoms with Crippen LogP contribution in [0, 0.1) is 0 Å². The van der Waals surface area contributed by atoms with Crippen molar-refractivity contribution >= 4 is 23.8 Å². The first kappa shape index (κ1) is 37.7. The van der Waals surface area contributed by atoms with Crippen molar-refractivity contribution in [3.05, 3.63) is 45.5 Å². The predicted octanol–water partition coefficient (Wildman–Crippen LogP) is 7.24. The highest BCUT2D eigenvalue weighted by molar-refractivity contribution is 5.90. The molecule has 10 heteroatoms. The van der Waals surface area contributed by atoms with E-state index in [2.05, 4.69) is 77.3 Å². The Morgan fingerprint density at radius 1 is 0.722 bits per heavy atom. The zero-order valence-electron chi connectivity index (χ0n) is 34.4. The SMILES string of the molecule is COC1C2OC(C)(C)O[C@H]2COC1(CN=Cc1cc2c3c(c1O)C(C)(C)CCN3CCC2(C)C)/N=C/c1cc2c3c(c1O)C(C)(C)CCN3CCC2(C)C. The van der Waals surface area contributed by atoms with Crippen LogP contribution in [0.3, 0.4) is 0 Å². The van der Waals surface area contributed by atoms with Gasteiger partial charge in [-0.1, -0.05) is 55.4 Å². The Morgan fingerprint density at radius 2 is 1.20 bits per heavy atom. The summed E-state index contributed by atoms with van der Waals surface area (Å²) in [6.45, 7) is 26.2. The van der Waals surface area contributed by atoms with Crippen molar-refractivity contribution in [2.75, 3.05) is 56.2 Å². The highest BCUT2D eigenvalue weighted by Crippen LogP contribution is 2.55. The van der Waals surface area contributed by atoms with Gasteiger partial charge in [0.25, 0.3) is 0 Å². The molecule has 8 rings (SSSR count). The number of methoxy groups -OCH3 is 1. The number of benzene rings is 2. The van der Waals surface area contributed by atoms with Gasteiger partial charge in [-0.25, -0.2) is 0 Å². The van der Waals surface area contributed by atoms with Gasteiger partial charge in [0, 0.05) is 79.3 Å². The van der Waals surface area contributed by atoms with Crippen LogP contribution in [-0.4, -0.2) is 98.9 Å². The van der Waals surface area contributed by atoms with Crippen LogP contribution in [0.4, 0.5) is 11.4 Å². The Hall–Kier alpha value is -3.18. The third kappa shape index (κ3) is 5.88. The fourth-order valence-corrected chi connectivity index (χ4v) is 10.3. The molecule has 3 unspecified atom stereocenters. The minimum atomic E-state index is -1.31. The van der Waals surface area contributed by atoms with Crippen LogP contribution in [0.5, 0.6) is 11.5 Å². The molecule has 10 nitrogen and oxygen atoms in total. The average molecular weight is 743 g/mol. The van der Waals surface area contributed by atoms with Crippen LogP contribution < -0.4 is 9.80 Å². The molecule has 0 amide bonds. The van der Waals surface area contributed by atoms with Gasteiger partial charge >= 0.3 is 0 Å². The van der Waals surface area contributed by atoms with Gasteiger partial charge in [0.2, 0.25) is 5.72 Å². The van der Waals surface area contributed by atoms with Gasteiger partial charge in [-0.05, 0) is 84.5 Å². The van der Waals surface area contributed by atoms with E-state index in [1.165, 1.54) is 22.5 Å². The number of hydrogen-bond donors (Lipinski definition) is 2. The second-order valence-corrected chi connectivity index (χ2v) is 19.9. The number of aliphatic imine (C=N–C) groups is 2. The molecule has 6 aliphatic heterocycles. The van der Waals surface area contributed by atoms with Gasteiger partial charge in [-0.2, -0.15) is 0 Å². The summed E-state index contributed by atoms with van der Waals surface area (Å²) in [5, 5.41) is 24.0. The van der Waals surface area contributed by atoms with Gasteiger partial charge in [0.05, 0.1) is 13.2 Å². The fourth-order valence-electron chi connectivity index (χ4n) is 10.3. The van der Waals surface area contributed by atoms with Crippen LogP contribution in [0.2, 0.25) is 0 Å². The second kappa shape index (κ2) is 12.4. The van der Waals surface area contributed by atoms with E-state index >= 15 is 0 Å². The summed E-state index contributed by atoms with van der Waals surface area (Å²) >= 11 is 0. The van der Waals surface area contributed by atoms with E-state index in [0.29, 0.717) is 11.1 Å². The second-order valence-electron chi connectivity index (χ2n) is 19.9. The number of phenolic OH excluding ortho intramolecular Hbond substituents is 2. The lowest BCUT2D eigenvalue weighted by molar-refractivity contribution is -0.211. The molecule has 0 spiro atoms. The molecule has 0 saturated carbocycles. The van der Waals surface area contributed by atoms with E-state index in [1.54, 1.807) is 19.5 Å². The molecular weight excluding hydrogens is 681 g/mol. The molecule has 2 N–H and O–H groups in total. The normalized spacial score (nSPS) is 31.1. The molecule has 2 aromatic rings. The van der Waals surface area contributed by atoms with Gasteiger partial charge in [0.1, 0.15) is 29.8 Å². The Balaban J connectivity index is 1.23. The van der Waals surface area contributed by atoms with Gasteiger partial charge in [-0.15, -0.1) is 0 Å². The number of nitrogens with zero attached hydrogens (tertiary/aromatic N) is 4. The Labute approximate surface area is 321 Å². The number of anilines is 2. The maximum atomic E-state index is 12.1. The van der Waals surface area contributed by atoms with E-state index in [9.17, 15) is 10.2 Å². The summed E-state index contributed by atoms with van der Waals surface area (Å²) in [5.74, 6) is -0.262. The van der Waals surface area contributed by atoms with Crippen molar-refractivity contribution in [2.45, 2.75) is 146 Å². The number of rotatable bonds is 6. The molecule has 0 bridgehead atoms. The number of ether oxygens (including phenoxy) is 4. The monoisotopic (exact) mass is 742 g/mol. The van der Waals surface area contributed by atoms with Crippen LogP contribution in [0.1, 0.15) is 128 Å². The minimum absolute atomic E-state index is 0.0402. The Bertz CT molecular complexity index is 1910. The first-order valence-electron chi connectivity index (χ1n) is 20.1. The molecule has 2 saturated heterocycles. The van der Waals surface area contributed by atoms with Crippen LogP contribution >= 0.6 is 0 Å². The quantitative estimate of drug-likeness (QED) is 0.299. The Morgan fingerprint density at radius 3 is 1.70 bits per heavy atom. The Kier molecular flexibility index (Phi) is 8.67. The number of fused-ring (bicyclic) bond motifs is 1. The first-order valence-corrected chi connectivity index (χ1v) is 20.1. The lowest BCUT2D eigenvalue weighted by Gasteiger charge is -2.48. The van der Waals surface area contributed by atoms with Gasteiger partial charge in [0.15, 0.2) is 5.79 Å². The first-order chi connectivity index (χ1) is 25.2. The molecule has 2 fully saturated rings. The number of phenols is 2. The largest absolute Gasteiger partial charge is 0.507 e. The lowest BCUT2D eigenvalue weighted by Crippen LogP contribution is -2.61. The smallest absolute Gasteiger partial charge is 0.207 e. The van der Waals surface area contributed by atoms with Crippen molar-refractivity contribution in [1.82, 2.24) is 0 Å². The molecule has 4 atom stereocenters. The molecule has 294 valence electrons.